The lowest BCUT2D eigenvalue weighted by molar-refractivity contribution is -0.385. The van der Waals surface area contributed by atoms with Crippen molar-refractivity contribution in [1.82, 2.24) is 10.3 Å². The molecule has 2 atom stereocenters. The van der Waals surface area contributed by atoms with Crippen LogP contribution in [0.5, 0.6) is 0 Å². The van der Waals surface area contributed by atoms with E-state index in [1.54, 1.807) is 6.92 Å². The average Bonchev–Trinajstić information content (AvgIpc) is 2.77. The standard InChI is InChI=1S/C12H15N3O6/c1-7-12(18,2-3-21-7)6-14-11(17)9-4-8(15(19)20)5-13-10(9)16/h4-5,7,18H,2-3,6H2,1H3,(H,13,16)(H,14,17). The second kappa shape index (κ2) is 5.62. The zero-order valence-corrected chi connectivity index (χ0v) is 11.3. The number of nitro groups is 1. The highest BCUT2D eigenvalue weighted by atomic mass is 16.6. The van der Waals surface area contributed by atoms with Crippen molar-refractivity contribution in [3.05, 3.63) is 38.3 Å². The van der Waals surface area contributed by atoms with E-state index >= 15 is 0 Å². The van der Waals surface area contributed by atoms with Crippen LogP contribution in [0.15, 0.2) is 17.1 Å². The monoisotopic (exact) mass is 297 g/mol. The molecule has 1 aliphatic rings. The summed E-state index contributed by atoms with van der Waals surface area (Å²) in [7, 11) is 0. The minimum atomic E-state index is -1.21. The van der Waals surface area contributed by atoms with Gasteiger partial charge in [-0.1, -0.05) is 0 Å². The number of aromatic amines is 1. The molecule has 2 rings (SSSR count). The predicted molar refractivity (Wildman–Crippen MR) is 71.0 cm³/mol. The van der Waals surface area contributed by atoms with Gasteiger partial charge in [0.2, 0.25) is 0 Å². The SMILES string of the molecule is CC1OCCC1(O)CNC(=O)c1cc([N+](=O)[O-])c[nH]c1=O. The molecule has 0 bridgehead atoms. The Kier molecular flexibility index (Phi) is 4.05. The zero-order valence-electron chi connectivity index (χ0n) is 11.3. The number of aromatic nitrogens is 1. The van der Waals surface area contributed by atoms with E-state index in [-0.39, 0.29) is 12.1 Å². The van der Waals surface area contributed by atoms with Gasteiger partial charge in [-0.25, -0.2) is 0 Å². The first-order valence-corrected chi connectivity index (χ1v) is 6.33. The third kappa shape index (κ3) is 3.09. The van der Waals surface area contributed by atoms with Crippen molar-refractivity contribution in [2.24, 2.45) is 0 Å². The van der Waals surface area contributed by atoms with Crippen LogP contribution in [0.1, 0.15) is 23.7 Å². The molecule has 0 radical (unpaired) electrons. The average molecular weight is 297 g/mol. The Morgan fingerprint density at radius 3 is 3.00 bits per heavy atom. The summed E-state index contributed by atoms with van der Waals surface area (Å²) in [6.07, 6.45) is 0.834. The maximum atomic E-state index is 11.9. The number of pyridine rings is 1. The van der Waals surface area contributed by atoms with Gasteiger partial charge in [0.15, 0.2) is 0 Å². The topological polar surface area (TPSA) is 135 Å². The maximum absolute atomic E-state index is 11.9. The molecule has 3 N–H and O–H groups in total. The van der Waals surface area contributed by atoms with E-state index in [2.05, 4.69) is 10.3 Å². The highest BCUT2D eigenvalue weighted by Crippen LogP contribution is 2.24. The smallest absolute Gasteiger partial charge is 0.286 e. The van der Waals surface area contributed by atoms with Crippen LogP contribution in [0.4, 0.5) is 5.69 Å². The van der Waals surface area contributed by atoms with Crippen molar-refractivity contribution in [3.8, 4) is 0 Å². The minimum Gasteiger partial charge on any atom is -0.385 e. The first kappa shape index (κ1) is 15.1. The fraction of sp³-hybridized carbons (Fsp3) is 0.500. The van der Waals surface area contributed by atoms with Crippen molar-refractivity contribution < 1.29 is 19.6 Å². The van der Waals surface area contributed by atoms with E-state index in [0.717, 1.165) is 12.3 Å². The Bertz CT molecular complexity index is 628. The van der Waals surface area contributed by atoms with Crippen molar-refractivity contribution in [1.29, 1.82) is 0 Å². The van der Waals surface area contributed by atoms with Crippen molar-refractivity contribution >= 4 is 11.6 Å². The highest BCUT2D eigenvalue weighted by Gasteiger charge is 2.39. The molecule has 2 unspecified atom stereocenters. The number of hydrogen-bond donors (Lipinski definition) is 3. The Labute approximate surface area is 119 Å². The van der Waals surface area contributed by atoms with E-state index in [4.69, 9.17) is 4.74 Å². The molecule has 1 amide bonds. The lowest BCUT2D eigenvalue weighted by Crippen LogP contribution is -2.48. The molecule has 1 aromatic heterocycles. The van der Waals surface area contributed by atoms with Gasteiger partial charge in [-0.05, 0) is 6.92 Å². The van der Waals surface area contributed by atoms with Gasteiger partial charge in [-0.2, -0.15) is 0 Å². The Balaban J connectivity index is 2.12. The molecule has 114 valence electrons. The third-order valence-electron chi connectivity index (χ3n) is 3.56. The van der Waals surface area contributed by atoms with Crippen LogP contribution in [0.2, 0.25) is 0 Å². The zero-order chi connectivity index (χ0) is 15.6. The maximum Gasteiger partial charge on any atom is 0.286 e. The fourth-order valence-corrected chi connectivity index (χ4v) is 2.08. The molecule has 1 aliphatic heterocycles. The quantitative estimate of drug-likeness (QED) is 0.509. The number of aliphatic hydroxyl groups is 1. The van der Waals surface area contributed by atoms with Gasteiger partial charge < -0.3 is 20.1 Å². The summed E-state index contributed by atoms with van der Waals surface area (Å²) in [5.74, 6) is -0.785. The summed E-state index contributed by atoms with van der Waals surface area (Å²) in [5.41, 5.74) is -2.71. The summed E-state index contributed by atoms with van der Waals surface area (Å²) in [5, 5.41) is 23.3. The number of ether oxygens (including phenoxy) is 1. The molecule has 1 aromatic rings. The lowest BCUT2D eigenvalue weighted by Gasteiger charge is -2.25. The van der Waals surface area contributed by atoms with E-state index in [1.807, 2.05) is 0 Å². The molecular formula is C12H15N3O6. The minimum absolute atomic E-state index is 0.102. The summed E-state index contributed by atoms with van der Waals surface area (Å²) in [4.78, 5) is 35.5. The van der Waals surface area contributed by atoms with Crippen LogP contribution in [-0.2, 0) is 4.74 Å². The van der Waals surface area contributed by atoms with Crippen LogP contribution in [0.25, 0.3) is 0 Å². The normalized spacial score (nSPS) is 24.8. The van der Waals surface area contributed by atoms with Crippen molar-refractivity contribution in [2.75, 3.05) is 13.2 Å². The lowest BCUT2D eigenvalue weighted by atomic mass is 9.96. The predicted octanol–water partition coefficient (Wildman–Crippen LogP) is -0.447. The molecule has 0 aliphatic carbocycles. The third-order valence-corrected chi connectivity index (χ3v) is 3.56. The summed E-state index contributed by atoms with van der Waals surface area (Å²) in [6, 6.07) is 0.896. The molecular weight excluding hydrogens is 282 g/mol. The highest BCUT2D eigenvalue weighted by molar-refractivity contribution is 5.94. The largest absolute Gasteiger partial charge is 0.385 e. The Morgan fingerprint density at radius 2 is 2.43 bits per heavy atom. The number of nitrogens with one attached hydrogen (secondary N) is 2. The molecule has 9 nitrogen and oxygen atoms in total. The van der Waals surface area contributed by atoms with Gasteiger partial charge in [0.1, 0.15) is 11.2 Å². The first-order chi connectivity index (χ1) is 9.83. The number of carbonyl (C=O) groups is 1. The number of nitrogens with zero attached hydrogens (tertiary/aromatic N) is 1. The van der Waals surface area contributed by atoms with Crippen molar-refractivity contribution in [2.45, 2.75) is 25.0 Å². The van der Waals surface area contributed by atoms with Crippen LogP contribution in [0.3, 0.4) is 0 Å². The molecule has 1 saturated heterocycles. The Morgan fingerprint density at radius 1 is 1.71 bits per heavy atom. The van der Waals surface area contributed by atoms with Crippen LogP contribution in [0, 0.1) is 10.1 Å². The van der Waals surface area contributed by atoms with Gasteiger partial charge in [0.25, 0.3) is 17.2 Å². The van der Waals surface area contributed by atoms with Gasteiger partial charge >= 0.3 is 0 Å². The summed E-state index contributed by atoms with van der Waals surface area (Å²) in [6.45, 7) is 1.96. The number of carbonyl (C=O) groups excluding carboxylic acids is 1. The van der Waals surface area contributed by atoms with E-state index in [0.29, 0.717) is 13.0 Å². The van der Waals surface area contributed by atoms with E-state index < -0.39 is 33.8 Å². The first-order valence-electron chi connectivity index (χ1n) is 6.33. The Hall–Kier alpha value is -2.26. The molecule has 1 fully saturated rings. The number of rotatable bonds is 4. The molecule has 9 heteroatoms. The van der Waals surface area contributed by atoms with Crippen LogP contribution >= 0.6 is 0 Å². The van der Waals surface area contributed by atoms with Gasteiger partial charge in [-0.3, -0.25) is 19.7 Å². The number of amides is 1. The fourth-order valence-electron chi connectivity index (χ4n) is 2.08. The van der Waals surface area contributed by atoms with E-state index in [1.165, 1.54) is 0 Å². The molecule has 2 heterocycles. The number of H-pyrrole nitrogens is 1. The summed E-state index contributed by atoms with van der Waals surface area (Å²) < 4.78 is 5.22. The van der Waals surface area contributed by atoms with E-state index in [9.17, 15) is 24.8 Å². The summed E-state index contributed by atoms with van der Waals surface area (Å²) >= 11 is 0. The van der Waals surface area contributed by atoms with Gasteiger partial charge in [0, 0.05) is 25.6 Å². The van der Waals surface area contributed by atoms with Crippen LogP contribution < -0.4 is 10.9 Å². The van der Waals surface area contributed by atoms with Gasteiger partial charge in [-0.15, -0.1) is 0 Å². The molecule has 0 saturated carbocycles. The van der Waals surface area contributed by atoms with Crippen molar-refractivity contribution in [3.63, 3.8) is 0 Å². The second-order valence-corrected chi connectivity index (χ2v) is 4.91. The van der Waals surface area contributed by atoms with Gasteiger partial charge in [0.05, 0.1) is 17.2 Å². The molecule has 21 heavy (non-hydrogen) atoms. The molecule has 0 spiro atoms. The van der Waals surface area contributed by atoms with Crippen LogP contribution in [-0.4, -0.2) is 45.8 Å². The number of hydrogen-bond acceptors (Lipinski definition) is 6. The second-order valence-electron chi connectivity index (χ2n) is 4.91. The molecule has 0 aromatic carbocycles.